The van der Waals surface area contributed by atoms with Crippen molar-refractivity contribution in [1.29, 1.82) is 0 Å². The van der Waals surface area contributed by atoms with Crippen LogP contribution < -0.4 is 10.6 Å². The van der Waals surface area contributed by atoms with Crippen molar-refractivity contribution in [3.05, 3.63) is 88.1 Å². The van der Waals surface area contributed by atoms with Crippen molar-refractivity contribution >= 4 is 40.0 Å². The molecule has 0 bridgehead atoms. The first-order chi connectivity index (χ1) is 18.3. The molecule has 3 aromatic carbocycles. The molecule has 204 valence electrons. The Bertz CT molecular complexity index is 1560. The number of carbonyl (C=O) groups excluding carboxylic acids is 2. The first kappa shape index (κ1) is 28.1. The van der Waals surface area contributed by atoms with Crippen molar-refractivity contribution < 1.29 is 27.9 Å². The molecular weight excluding hydrogens is 533 g/mol. The van der Waals surface area contributed by atoms with Gasteiger partial charge in [-0.1, -0.05) is 29.8 Å². The maximum Gasteiger partial charge on any atom is 0.416 e. The lowest BCUT2D eigenvalue weighted by Crippen LogP contribution is -2.38. The molecule has 2 amide bonds. The van der Waals surface area contributed by atoms with E-state index in [0.29, 0.717) is 22.2 Å². The Balaban J connectivity index is 1.60. The number of nitrogens with one attached hydrogen (secondary N) is 2. The van der Waals surface area contributed by atoms with E-state index in [9.17, 15) is 27.9 Å². The fourth-order valence-electron chi connectivity index (χ4n) is 3.95. The van der Waals surface area contributed by atoms with Gasteiger partial charge < -0.3 is 15.7 Å². The van der Waals surface area contributed by atoms with Gasteiger partial charge in [0.2, 0.25) is 5.91 Å². The van der Waals surface area contributed by atoms with Crippen LogP contribution in [0.1, 0.15) is 40.9 Å². The normalized spacial score (nSPS) is 12.0. The maximum absolute atomic E-state index is 13.5. The van der Waals surface area contributed by atoms with Gasteiger partial charge in [0.1, 0.15) is 0 Å². The van der Waals surface area contributed by atoms with Crippen LogP contribution in [0.2, 0.25) is 5.02 Å². The molecule has 0 radical (unpaired) electrons. The summed E-state index contributed by atoms with van der Waals surface area (Å²) in [7, 11) is 0. The van der Waals surface area contributed by atoms with E-state index in [-0.39, 0.29) is 40.9 Å². The van der Waals surface area contributed by atoms with Crippen molar-refractivity contribution in [3.8, 4) is 5.69 Å². The molecule has 1 heterocycles. The van der Waals surface area contributed by atoms with Gasteiger partial charge >= 0.3 is 6.18 Å². The average Bonchev–Trinajstić information content (AvgIpc) is 3.32. The van der Waals surface area contributed by atoms with Crippen molar-refractivity contribution in [2.45, 2.75) is 33.5 Å². The molecule has 0 spiro atoms. The van der Waals surface area contributed by atoms with E-state index < -0.39 is 23.1 Å². The summed E-state index contributed by atoms with van der Waals surface area (Å²) < 4.78 is 41.7. The number of amides is 2. The van der Waals surface area contributed by atoms with E-state index in [2.05, 4.69) is 15.7 Å². The molecule has 0 aliphatic heterocycles. The average molecular weight is 559 g/mol. The second-order valence-corrected chi connectivity index (χ2v) is 10.2. The van der Waals surface area contributed by atoms with Gasteiger partial charge in [-0.05, 0) is 68.3 Å². The quantitative estimate of drug-likeness (QED) is 0.263. The van der Waals surface area contributed by atoms with Gasteiger partial charge in [-0.15, -0.1) is 0 Å². The molecule has 3 N–H and O–H groups in total. The van der Waals surface area contributed by atoms with Crippen LogP contribution in [0.4, 0.5) is 18.9 Å². The minimum atomic E-state index is -4.51. The minimum Gasteiger partial charge on any atom is -0.395 e. The number of fused-ring (bicyclic) bond motifs is 1. The van der Waals surface area contributed by atoms with E-state index in [4.69, 9.17) is 11.6 Å². The van der Waals surface area contributed by atoms with Crippen LogP contribution in [0.3, 0.4) is 0 Å². The van der Waals surface area contributed by atoms with Gasteiger partial charge in [-0.25, -0.2) is 4.68 Å². The summed E-state index contributed by atoms with van der Waals surface area (Å²) in [6, 6.07) is 13.7. The number of alkyl halides is 3. The third-order valence-electron chi connectivity index (χ3n) is 6.37. The molecule has 0 atom stereocenters. The number of anilines is 1. The van der Waals surface area contributed by atoms with Crippen LogP contribution in [0.5, 0.6) is 0 Å². The summed E-state index contributed by atoms with van der Waals surface area (Å²) >= 11 is 6.29. The summed E-state index contributed by atoms with van der Waals surface area (Å²) in [6.07, 6.45) is -3.04. The van der Waals surface area contributed by atoms with E-state index in [1.54, 1.807) is 56.3 Å². The second kappa shape index (κ2) is 10.7. The largest absolute Gasteiger partial charge is 0.416 e. The topological polar surface area (TPSA) is 96.3 Å². The third kappa shape index (κ3) is 5.91. The molecule has 4 rings (SSSR count). The molecule has 0 unspecified atom stereocenters. The lowest BCUT2D eigenvalue weighted by molar-refractivity contribution is -0.138. The van der Waals surface area contributed by atoms with Gasteiger partial charge in [-0.3, -0.25) is 9.59 Å². The highest BCUT2D eigenvalue weighted by atomic mass is 35.5. The maximum atomic E-state index is 13.5. The molecule has 11 heteroatoms. The third-order valence-corrected chi connectivity index (χ3v) is 6.70. The van der Waals surface area contributed by atoms with E-state index >= 15 is 0 Å². The van der Waals surface area contributed by atoms with Gasteiger partial charge in [0.25, 0.3) is 5.91 Å². The van der Waals surface area contributed by atoms with Gasteiger partial charge in [0, 0.05) is 11.9 Å². The van der Waals surface area contributed by atoms with E-state index in [1.807, 2.05) is 0 Å². The number of hydrogen-bond acceptors (Lipinski definition) is 4. The van der Waals surface area contributed by atoms with E-state index in [1.165, 1.54) is 23.9 Å². The standard InChI is InChI=1S/C28H26ClF3N4O3/c1-16-7-9-18(12-21(16)28(30,31)32)36-24-6-4-5-23(20(24)14-34-36)35-25(38)19-11-17(8-10-22(19)29)13-33-26(39)27(2,3)15-37/h4-12,14,37H,13,15H2,1-3H3,(H,33,39)(H,35,38). The number of aryl methyl sites for hydroxylation is 1. The monoisotopic (exact) mass is 558 g/mol. The van der Waals surface area contributed by atoms with Gasteiger partial charge in [-0.2, -0.15) is 18.3 Å². The first-order valence-corrected chi connectivity index (χ1v) is 12.3. The number of aromatic nitrogens is 2. The van der Waals surface area contributed by atoms with Crippen molar-refractivity contribution in [2.24, 2.45) is 5.41 Å². The fraction of sp³-hybridized carbons (Fsp3) is 0.250. The number of hydrogen-bond donors (Lipinski definition) is 3. The van der Waals surface area contributed by atoms with Gasteiger partial charge in [0.15, 0.2) is 0 Å². The Labute approximate surface area is 227 Å². The first-order valence-electron chi connectivity index (χ1n) is 12.0. The summed E-state index contributed by atoms with van der Waals surface area (Å²) in [5, 5.41) is 19.9. The Morgan fingerprint density at radius 1 is 1.08 bits per heavy atom. The molecule has 0 saturated heterocycles. The smallest absolute Gasteiger partial charge is 0.395 e. The zero-order valence-electron chi connectivity index (χ0n) is 21.4. The Kier molecular flexibility index (Phi) is 7.72. The predicted octanol–water partition coefficient (Wildman–Crippen LogP) is 5.89. The zero-order valence-corrected chi connectivity index (χ0v) is 22.1. The molecule has 39 heavy (non-hydrogen) atoms. The molecule has 1 aromatic heterocycles. The highest BCUT2D eigenvalue weighted by Gasteiger charge is 2.33. The zero-order chi connectivity index (χ0) is 28.5. The number of benzene rings is 3. The highest BCUT2D eigenvalue weighted by molar-refractivity contribution is 6.34. The summed E-state index contributed by atoms with van der Waals surface area (Å²) in [4.78, 5) is 25.4. The number of aliphatic hydroxyl groups is 1. The molecular formula is C28H26ClF3N4O3. The van der Waals surface area contributed by atoms with Crippen LogP contribution in [0.25, 0.3) is 16.6 Å². The number of rotatable bonds is 7. The number of carbonyl (C=O) groups is 2. The minimum absolute atomic E-state index is 0.103. The molecule has 7 nitrogen and oxygen atoms in total. The summed E-state index contributed by atoms with van der Waals surface area (Å²) in [5.41, 5.74) is 0.312. The van der Waals surface area contributed by atoms with Crippen LogP contribution in [0.15, 0.2) is 60.8 Å². The summed E-state index contributed by atoms with van der Waals surface area (Å²) in [6.45, 7) is 4.42. The number of nitrogens with zero attached hydrogens (tertiary/aromatic N) is 2. The number of aliphatic hydroxyl groups excluding tert-OH is 1. The van der Waals surface area contributed by atoms with E-state index in [0.717, 1.165) is 6.07 Å². The van der Waals surface area contributed by atoms with Crippen molar-refractivity contribution in [1.82, 2.24) is 15.1 Å². The van der Waals surface area contributed by atoms with Crippen LogP contribution in [-0.4, -0.2) is 33.3 Å². The Morgan fingerprint density at radius 3 is 2.51 bits per heavy atom. The second-order valence-electron chi connectivity index (χ2n) is 9.78. The Morgan fingerprint density at radius 2 is 1.82 bits per heavy atom. The highest BCUT2D eigenvalue weighted by Crippen LogP contribution is 2.34. The molecule has 0 saturated carbocycles. The lowest BCUT2D eigenvalue weighted by Gasteiger charge is -2.20. The van der Waals surface area contributed by atoms with Crippen LogP contribution in [-0.2, 0) is 17.5 Å². The van der Waals surface area contributed by atoms with Crippen LogP contribution in [0, 0.1) is 12.3 Å². The molecule has 0 aliphatic rings. The van der Waals surface area contributed by atoms with Crippen molar-refractivity contribution in [2.75, 3.05) is 11.9 Å². The summed E-state index contributed by atoms with van der Waals surface area (Å²) in [5.74, 6) is -0.857. The number of halogens is 4. The molecule has 0 aliphatic carbocycles. The molecule has 4 aromatic rings. The van der Waals surface area contributed by atoms with Crippen molar-refractivity contribution in [3.63, 3.8) is 0 Å². The lowest BCUT2D eigenvalue weighted by atomic mass is 9.93. The predicted molar refractivity (Wildman–Crippen MR) is 143 cm³/mol. The SMILES string of the molecule is Cc1ccc(-n2ncc3c(NC(=O)c4cc(CNC(=O)C(C)(C)CO)ccc4Cl)cccc32)cc1C(F)(F)F. The Hall–Kier alpha value is -3.89. The molecule has 0 fully saturated rings. The van der Waals surface area contributed by atoms with Crippen LogP contribution >= 0.6 is 11.6 Å². The fourth-order valence-corrected chi connectivity index (χ4v) is 4.16. The van der Waals surface area contributed by atoms with Gasteiger partial charge in [0.05, 0.1) is 51.3 Å².